The van der Waals surface area contributed by atoms with Gasteiger partial charge in [0.05, 0.1) is 38.7 Å². The van der Waals surface area contributed by atoms with Crippen LogP contribution >= 0.6 is 0 Å². The molecule has 1 fully saturated rings. The predicted molar refractivity (Wildman–Crippen MR) is 105 cm³/mol. The molecule has 0 bridgehead atoms. The van der Waals surface area contributed by atoms with Crippen LogP contribution < -0.4 is 27.2 Å². The molecule has 0 aliphatic carbocycles. The van der Waals surface area contributed by atoms with Crippen molar-refractivity contribution in [3.05, 3.63) is 0 Å². The fourth-order valence-electron chi connectivity index (χ4n) is 3.17. The van der Waals surface area contributed by atoms with Crippen molar-refractivity contribution in [3.8, 4) is 0 Å². The van der Waals surface area contributed by atoms with Gasteiger partial charge in [0.25, 0.3) is 0 Å². The van der Waals surface area contributed by atoms with Gasteiger partial charge in [-0.2, -0.15) is 0 Å². The van der Waals surface area contributed by atoms with Crippen LogP contribution in [0, 0.1) is 0 Å². The smallest absolute Gasteiger partial charge is 0.231 e. The van der Waals surface area contributed by atoms with Gasteiger partial charge in [-0.05, 0) is 0 Å². The number of nitrogens with one attached hydrogen (secondary N) is 1. The zero-order valence-corrected chi connectivity index (χ0v) is 17.1. The average Bonchev–Trinajstić information content (AvgIpc) is 2.55. The van der Waals surface area contributed by atoms with Crippen LogP contribution in [0.25, 0.3) is 0 Å². The van der Waals surface area contributed by atoms with E-state index in [-0.39, 0.29) is 37.1 Å². The second-order valence-corrected chi connectivity index (χ2v) is 7.03. The number of carbonyl (C=O) groups excluding carboxylic acids is 4. The molecule has 0 aromatic carbocycles. The number of nitrogens with zero attached hydrogens (tertiary/aromatic N) is 3. The van der Waals surface area contributed by atoms with E-state index in [9.17, 15) is 24.3 Å². The zero-order chi connectivity index (χ0) is 21.1. The van der Waals surface area contributed by atoms with E-state index in [2.05, 4.69) is 0 Å². The Hall–Kier alpha value is -2.36. The number of aliphatic carboxylic acids is 1. The largest absolute Gasteiger partial charge is 0.544 e. The Balaban J connectivity index is 0. The Labute approximate surface area is 175 Å². The van der Waals surface area contributed by atoms with E-state index in [4.69, 9.17) is 17.2 Å². The van der Waals surface area contributed by atoms with E-state index in [0.29, 0.717) is 52.4 Å². The maximum atomic E-state index is 11.3. The van der Waals surface area contributed by atoms with E-state index in [1.165, 1.54) is 0 Å². The molecule has 176 valence electrons. The number of rotatable bonds is 8. The third kappa shape index (κ3) is 13.8. The molecule has 0 spiro atoms. The van der Waals surface area contributed by atoms with Crippen LogP contribution in [0.1, 0.15) is 0 Å². The average molecular weight is 437 g/mol. The number of hydrogen-bond donors (Lipinski definition) is 4. The highest BCUT2D eigenvalue weighted by molar-refractivity contribution is 5.76. The van der Waals surface area contributed by atoms with Gasteiger partial charge < -0.3 is 43.0 Å². The van der Waals surface area contributed by atoms with Gasteiger partial charge in [0.15, 0.2) is 0 Å². The number of hydrogen-bond acceptors (Lipinski definition) is 8. The monoisotopic (exact) mass is 437 g/mol. The highest BCUT2D eigenvalue weighted by Crippen LogP contribution is 1.96. The van der Waals surface area contributed by atoms with E-state index < -0.39 is 23.7 Å². The third-order valence-corrected chi connectivity index (χ3v) is 4.56. The molecule has 1 heterocycles. The number of amides is 3. The lowest BCUT2D eigenvalue weighted by atomic mass is 10.3. The lowest BCUT2D eigenvalue weighted by Crippen LogP contribution is -3.14. The summed E-state index contributed by atoms with van der Waals surface area (Å²) in [6, 6.07) is 0. The number of primary amides is 3. The first-order chi connectivity index (χ1) is 13.2. The maximum Gasteiger partial charge on any atom is 0.231 e. The molecule has 0 radical (unpaired) electrons. The minimum absolute atomic E-state index is 0. The number of carbonyl (C=O) groups is 4. The number of carboxylic acid groups (broad SMARTS) is 1. The minimum atomic E-state index is -1.17. The Morgan fingerprint density at radius 3 is 1.23 bits per heavy atom. The van der Waals surface area contributed by atoms with Crippen LogP contribution in [-0.4, -0.2) is 128 Å². The van der Waals surface area contributed by atoms with Crippen molar-refractivity contribution in [1.29, 1.82) is 0 Å². The Morgan fingerprint density at radius 1 is 0.667 bits per heavy atom. The van der Waals surface area contributed by atoms with Crippen molar-refractivity contribution >= 4 is 23.7 Å². The lowest BCUT2D eigenvalue weighted by molar-refractivity contribution is -0.893. The highest BCUT2D eigenvalue weighted by atomic mass is 16.4. The summed E-state index contributed by atoms with van der Waals surface area (Å²) >= 11 is 0. The quantitative estimate of drug-likeness (QED) is 0.283. The molecule has 3 amide bonds. The molecule has 0 atom stereocenters. The van der Waals surface area contributed by atoms with Crippen LogP contribution in [0.15, 0.2) is 0 Å². The first kappa shape index (κ1) is 29.8. The van der Waals surface area contributed by atoms with Gasteiger partial charge in [-0.3, -0.25) is 29.1 Å². The van der Waals surface area contributed by atoms with Crippen LogP contribution in [0.5, 0.6) is 0 Å². The summed E-state index contributed by atoms with van der Waals surface area (Å²) < 4.78 is 0. The summed E-state index contributed by atoms with van der Waals surface area (Å²) in [7, 11) is 0. The van der Waals surface area contributed by atoms with Gasteiger partial charge in [0.2, 0.25) is 17.7 Å². The fourth-order valence-corrected chi connectivity index (χ4v) is 3.17. The maximum absolute atomic E-state index is 11.3. The van der Waals surface area contributed by atoms with Crippen LogP contribution in [-0.2, 0) is 19.2 Å². The lowest BCUT2D eigenvalue weighted by Gasteiger charge is -2.32. The standard InChI is InChI=1S/C16H31N7O5.2H2O/c17-13(24)9-20-1-3-21(10-14(18)25)5-7-23(12-16(27)28)8-6-22(4-2-20)11-15(19)26;;/h1-12H2,(H2,17,24)(H2,18,25)(H2,19,26)(H,27,28);2*1H2. The van der Waals surface area contributed by atoms with Crippen molar-refractivity contribution in [2.45, 2.75) is 0 Å². The minimum Gasteiger partial charge on any atom is -0.544 e. The van der Waals surface area contributed by atoms with Gasteiger partial charge >= 0.3 is 0 Å². The summed E-state index contributed by atoms with van der Waals surface area (Å²) in [5.74, 6) is -2.61. The zero-order valence-electron chi connectivity index (χ0n) is 17.1. The first-order valence-corrected chi connectivity index (χ1v) is 9.21. The van der Waals surface area contributed by atoms with Crippen LogP contribution in [0.2, 0.25) is 0 Å². The molecule has 1 rings (SSSR count). The topological polar surface area (TPSA) is 247 Å². The predicted octanol–water partition coefficient (Wildman–Crippen LogP) is -8.65. The van der Waals surface area contributed by atoms with Crippen molar-refractivity contribution in [2.75, 3.05) is 78.5 Å². The van der Waals surface area contributed by atoms with Gasteiger partial charge in [0.1, 0.15) is 6.54 Å². The summed E-state index contributed by atoms with van der Waals surface area (Å²) in [6.45, 7) is 3.63. The molecule has 14 nitrogen and oxygen atoms in total. The Morgan fingerprint density at radius 2 is 0.967 bits per heavy atom. The van der Waals surface area contributed by atoms with Crippen molar-refractivity contribution < 1.29 is 40.1 Å². The van der Waals surface area contributed by atoms with E-state index in [0.717, 1.165) is 4.90 Å². The van der Waals surface area contributed by atoms with E-state index >= 15 is 0 Å². The molecule has 0 unspecified atom stereocenters. The molecule has 0 aromatic rings. The fraction of sp³-hybridized carbons (Fsp3) is 0.750. The highest BCUT2D eigenvalue weighted by Gasteiger charge is 2.20. The molecule has 1 aliphatic heterocycles. The van der Waals surface area contributed by atoms with Gasteiger partial charge in [-0.15, -0.1) is 0 Å². The first-order valence-electron chi connectivity index (χ1n) is 9.21. The molecule has 11 N–H and O–H groups in total. The van der Waals surface area contributed by atoms with Crippen molar-refractivity contribution in [1.82, 2.24) is 14.7 Å². The number of carboxylic acids is 1. The normalized spacial score (nSPS) is 18.1. The van der Waals surface area contributed by atoms with Crippen molar-refractivity contribution in [3.63, 3.8) is 0 Å². The molecular formula is C16H35N7O7. The molecular weight excluding hydrogens is 402 g/mol. The Kier molecular flexibility index (Phi) is 15.4. The number of quaternary nitrogens is 1. The van der Waals surface area contributed by atoms with E-state index in [1.807, 2.05) is 14.7 Å². The summed E-state index contributed by atoms with van der Waals surface area (Å²) in [4.78, 5) is 51.3. The molecule has 1 saturated heterocycles. The van der Waals surface area contributed by atoms with E-state index in [1.54, 1.807) is 0 Å². The van der Waals surface area contributed by atoms with Gasteiger partial charge in [0, 0.05) is 39.3 Å². The second kappa shape index (κ2) is 15.5. The molecule has 0 saturated carbocycles. The van der Waals surface area contributed by atoms with Crippen LogP contribution in [0.3, 0.4) is 0 Å². The Bertz CT molecular complexity index is 452. The summed E-state index contributed by atoms with van der Waals surface area (Å²) in [6.07, 6.45) is 0. The van der Waals surface area contributed by atoms with Crippen LogP contribution in [0.4, 0.5) is 0 Å². The SMILES string of the molecule is NC(=O)CN1CCN(CC(N)=O)CC[NH+](CC(=O)[O-])CCN(CC(N)=O)CC1.O.O. The second-order valence-electron chi connectivity index (χ2n) is 7.03. The van der Waals surface area contributed by atoms with Crippen molar-refractivity contribution in [2.24, 2.45) is 17.2 Å². The summed E-state index contributed by atoms with van der Waals surface area (Å²) in [5.41, 5.74) is 15.9. The molecule has 0 aromatic heterocycles. The van der Waals surface area contributed by atoms with Gasteiger partial charge in [-0.25, -0.2) is 0 Å². The third-order valence-electron chi connectivity index (χ3n) is 4.56. The molecule has 14 heteroatoms. The molecule has 30 heavy (non-hydrogen) atoms. The number of nitrogens with two attached hydrogens (primary N) is 3. The summed E-state index contributed by atoms with van der Waals surface area (Å²) in [5, 5.41) is 11.0. The van der Waals surface area contributed by atoms with Gasteiger partial charge in [-0.1, -0.05) is 0 Å². The molecule has 1 aliphatic rings.